The number of piperidine rings is 3. The third-order valence-electron chi connectivity index (χ3n) is 4.26. The molecule has 0 aromatic rings. The zero-order valence-electron chi connectivity index (χ0n) is 7.29. The first-order valence-corrected chi connectivity index (χ1v) is 5.05. The molecule has 0 amide bonds. The van der Waals surface area contributed by atoms with Gasteiger partial charge in [0, 0.05) is 19.6 Å². The molecule has 4 rings (SSSR count). The minimum atomic E-state index is 1.04. The van der Waals surface area contributed by atoms with Crippen molar-refractivity contribution in [2.45, 2.75) is 19.8 Å². The van der Waals surface area contributed by atoms with Gasteiger partial charge in [0.25, 0.3) is 0 Å². The fourth-order valence-corrected chi connectivity index (χ4v) is 3.65. The Morgan fingerprint density at radius 1 is 1.00 bits per heavy atom. The van der Waals surface area contributed by atoms with E-state index < -0.39 is 0 Å². The summed E-state index contributed by atoms with van der Waals surface area (Å²) in [4.78, 5) is 2.70. The fraction of sp³-hybridized carbons (Fsp3) is 1.00. The lowest BCUT2D eigenvalue weighted by atomic mass is 9.63. The maximum atomic E-state index is 2.70. The van der Waals surface area contributed by atoms with E-state index in [0.29, 0.717) is 0 Å². The van der Waals surface area contributed by atoms with Crippen LogP contribution in [-0.4, -0.2) is 24.5 Å². The summed E-state index contributed by atoms with van der Waals surface area (Å²) in [5.41, 5.74) is 0. The highest BCUT2D eigenvalue weighted by atomic mass is 15.2. The van der Waals surface area contributed by atoms with Crippen LogP contribution in [0.25, 0.3) is 0 Å². The van der Waals surface area contributed by atoms with Crippen molar-refractivity contribution in [2.24, 2.45) is 23.7 Å². The van der Waals surface area contributed by atoms with Crippen molar-refractivity contribution < 1.29 is 0 Å². The summed E-state index contributed by atoms with van der Waals surface area (Å²) in [5.74, 6) is 4.27. The Morgan fingerprint density at radius 2 is 1.64 bits per heavy atom. The predicted octanol–water partition coefficient (Wildman–Crippen LogP) is 1.59. The molecule has 2 unspecified atom stereocenters. The number of hydrogen-bond acceptors (Lipinski definition) is 1. The summed E-state index contributed by atoms with van der Waals surface area (Å²) < 4.78 is 0. The van der Waals surface area contributed by atoms with Crippen molar-refractivity contribution in [1.29, 1.82) is 0 Å². The Hall–Kier alpha value is -0.0400. The Morgan fingerprint density at radius 3 is 2.18 bits per heavy atom. The molecule has 62 valence electrons. The lowest BCUT2D eigenvalue weighted by Crippen LogP contribution is -2.57. The molecule has 3 saturated heterocycles. The monoisotopic (exact) mass is 151 g/mol. The van der Waals surface area contributed by atoms with Crippen molar-refractivity contribution in [3.05, 3.63) is 0 Å². The minimum Gasteiger partial charge on any atom is -0.302 e. The number of hydrogen-bond donors (Lipinski definition) is 0. The average Bonchev–Trinajstić information content (AvgIpc) is 1.98. The van der Waals surface area contributed by atoms with Gasteiger partial charge in [0.1, 0.15) is 0 Å². The van der Waals surface area contributed by atoms with Crippen LogP contribution >= 0.6 is 0 Å². The second-order valence-corrected chi connectivity index (χ2v) is 4.94. The number of rotatable bonds is 0. The molecular weight excluding hydrogens is 134 g/mol. The van der Waals surface area contributed by atoms with Gasteiger partial charge in [-0.2, -0.15) is 0 Å². The van der Waals surface area contributed by atoms with Crippen LogP contribution in [0, 0.1) is 23.7 Å². The summed E-state index contributed by atoms with van der Waals surface area (Å²) >= 11 is 0. The lowest BCUT2D eigenvalue weighted by Gasteiger charge is -2.55. The summed E-state index contributed by atoms with van der Waals surface area (Å²) in [6.45, 7) is 6.76. The zero-order valence-corrected chi connectivity index (χ0v) is 7.29. The predicted molar refractivity (Wildman–Crippen MR) is 45.3 cm³/mol. The maximum absolute atomic E-state index is 2.70. The topological polar surface area (TPSA) is 3.24 Å². The molecule has 3 heterocycles. The number of nitrogens with zero attached hydrogens (tertiary/aromatic N) is 1. The Kier molecular flexibility index (Phi) is 1.18. The molecule has 1 nitrogen and oxygen atoms in total. The van der Waals surface area contributed by atoms with Crippen molar-refractivity contribution >= 4 is 0 Å². The maximum Gasteiger partial charge on any atom is 0.00127 e. The molecule has 11 heavy (non-hydrogen) atoms. The summed E-state index contributed by atoms with van der Waals surface area (Å²) in [7, 11) is 0. The molecule has 0 aromatic carbocycles. The normalized spacial score (nSPS) is 60.3. The third kappa shape index (κ3) is 0.807. The van der Waals surface area contributed by atoms with Gasteiger partial charge in [-0.1, -0.05) is 6.92 Å². The molecule has 4 bridgehead atoms. The molecule has 4 fully saturated rings. The van der Waals surface area contributed by atoms with Gasteiger partial charge in [0.2, 0.25) is 0 Å². The molecule has 1 saturated carbocycles. The van der Waals surface area contributed by atoms with Crippen LogP contribution in [0.2, 0.25) is 0 Å². The second kappa shape index (κ2) is 2.01. The van der Waals surface area contributed by atoms with E-state index in [1.807, 2.05) is 0 Å². The first-order chi connectivity index (χ1) is 5.33. The summed E-state index contributed by atoms with van der Waals surface area (Å²) in [5, 5.41) is 0. The van der Waals surface area contributed by atoms with Crippen molar-refractivity contribution in [3.63, 3.8) is 0 Å². The Bertz CT molecular complexity index is 148. The minimum absolute atomic E-state index is 1.04. The highest BCUT2D eigenvalue weighted by molar-refractivity contribution is 4.96. The van der Waals surface area contributed by atoms with E-state index in [1.54, 1.807) is 12.8 Å². The van der Waals surface area contributed by atoms with E-state index >= 15 is 0 Å². The molecule has 2 atom stereocenters. The first kappa shape index (κ1) is 6.47. The van der Waals surface area contributed by atoms with Gasteiger partial charge in [-0.25, -0.2) is 0 Å². The van der Waals surface area contributed by atoms with Crippen LogP contribution in [0.5, 0.6) is 0 Å². The van der Waals surface area contributed by atoms with Gasteiger partial charge in [-0.3, -0.25) is 0 Å². The van der Waals surface area contributed by atoms with Crippen LogP contribution < -0.4 is 0 Å². The van der Waals surface area contributed by atoms with E-state index in [2.05, 4.69) is 11.8 Å². The molecule has 1 aliphatic carbocycles. The van der Waals surface area contributed by atoms with E-state index in [9.17, 15) is 0 Å². The Balaban J connectivity index is 1.91. The van der Waals surface area contributed by atoms with Gasteiger partial charge in [-0.05, 0) is 36.5 Å². The Labute approximate surface area is 68.8 Å². The molecule has 0 aromatic heterocycles. The molecule has 4 aliphatic rings. The molecule has 3 aliphatic heterocycles. The third-order valence-corrected chi connectivity index (χ3v) is 4.26. The van der Waals surface area contributed by atoms with Crippen molar-refractivity contribution in [3.8, 4) is 0 Å². The largest absolute Gasteiger partial charge is 0.302 e. The summed E-state index contributed by atoms with van der Waals surface area (Å²) in [6.07, 6.45) is 3.10. The van der Waals surface area contributed by atoms with Gasteiger partial charge >= 0.3 is 0 Å². The molecule has 1 heteroatoms. The molecule has 0 N–H and O–H groups in total. The molecule has 0 spiro atoms. The second-order valence-electron chi connectivity index (χ2n) is 4.94. The standard InChI is InChI=1S/C10H17N/c1-7-9-2-8-3-10(7)6-11(4-8)5-9/h7-10H,2-6H2,1H3. The van der Waals surface area contributed by atoms with Crippen LogP contribution in [0.1, 0.15) is 19.8 Å². The SMILES string of the molecule is CC1C2CC3CC1CN(C3)C2. The van der Waals surface area contributed by atoms with Crippen LogP contribution in [-0.2, 0) is 0 Å². The van der Waals surface area contributed by atoms with Crippen molar-refractivity contribution in [2.75, 3.05) is 19.6 Å². The first-order valence-electron chi connectivity index (χ1n) is 5.05. The van der Waals surface area contributed by atoms with Crippen LogP contribution in [0.15, 0.2) is 0 Å². The van der Waals surface area contributed by atoms with Gasteiger partial charge < -0.3 is 4.90 Å². The summed E-state index contributed by atoms with van der Waals surface area (Å²) in [6, 6.07) is 0. The van der Waals surface area contributed by atoms with E-state index in [1.165, 1.54) is 19.6 Å². The van der Waals surface area contributed by atoms with Crippen molar-refractivity contribution in [1.82, 2.24) is 4.90 Å². The van der Waals surface area contributed by atoms with Crippen LogP contribution in [0.4, 0.5) is 0 Å². The highest BCUT2D eigenvalue weighted by Crippen LogP contribution is 2.46. The zero-order chi connectivity index (χ0) is 7.42. The van der Waals surface area contributed by atoms with E-state index in [4.69, 9.17) is 0 Å². The van der Waals surface area contributed by atoms with E-state index in [-0.39, 0.29) is 0 Å². The van der Waals surface area contributed by atoms with Gasteiger partial charge in [0.05, 0.1) is 0 Å². The van der Waals surface area contributed by atoms with Gasteiger partial charge in [-0.15, -0.1) is 0 Å². The smallest absolute Gasteiger partial charge is 0.00127 e. The average molecular weight is 151 g/mol. The fourth-order valence-electron chi connectivity index (χ4n) is 3.65. The van der Waals surface area contributed by atoms with E-state index in [0.717, 1.165) is 23.7 Å². The highest BCUT2D eigenvalue weighted by Gasteiger charge is 2.45. The molecule has 0 radical (unpaired) electrons. The van der Waals surface area contributed by atoms with Crippen LogP contribution in [0.3, 0.4) is 0 Å². The van der Waals surface area contributed by atoms with Gasteiger partial charge in [0.15, 0.2) is 0 Å². The molecular formula is C10H17N. The quantitative estimate of drug-likeness (QED) is 0.508. The lowest BCUT2D eigenvalue weighted by molar-refractivity contribution is -0.0573.